The Morgan fingerprint density at radius 3 is 2.40 bits per heavy atom. The summed E-state index contributed by atoms with van der Waals surface area (Å²) in [6.45, 7) is 1.94. The molecular weight excluding hydrogens is 365 g/mol. The van der Waals surface area contributed by atoms with E-state index in [-0.39, 0.29) is 12.1 Å². The molecule has 0 aliphatic heterocycles. The summed E-state index contributed by atoms with van der Waals surface area (Å²) in [6, 6.07) is 15.6. The number of rotatable bonds is 5. The minimum atomic E-state index is -0.205. The van der Waals surface area contributed by atoms with Crippen LogP contribution in [0.4, 0.5) is 0 Å². The number of hydrogen-bond donors (Lipinski definition) is 1. The third kappa shape index (κ3) is 3.86. The minimum Gasteiger partial charge on any atom is -0.497 e. The maximum Gasteiger partial charge on any atom is 0.139 e. The van der Waals surface area contributed by atoms with Crippen LogP contribution in [0.1, 0.15) is 18.6 Å². The molecule has 0 fully saturated rings. The van der Waals surface area contributed by atoms with Crippen LogP contribution < -0.4 is 15.2 Å². The summed E-state index contributed by atoms with van der Waals surface area (Å²) in [5.41, 5.74) is 7.09. The van der Waals surface area contributed by atoms with E-state index in [9.17, 15) is 0 Å². The predicted molar refractivity (Wildman–Crippen MR) is 89.2 cm³/mol. The monoisotopic (exact) mass is 383 g/mol. The van der Waals surface area contributed by atoms with Gasteiger partial charge in [-0.05, 0) is 65.4 Å². The molecule has 0 amide bonds. The van der Waals surface area contributed by atoms with E-state index in [1.807, 2.05) is 55.5 Å². The first-order chi connectivity index (χ1) is 9.60. The summed E-state index contributed by atoms with van der Waals surface area (Å²) >= 11 is 2.26. The van der Waals surface area contributed by atoms with Crippen molar-refractivity contribution in [2.75, 3.05) is 7.11 Å². The molecule has 0 aliphatic rings. The topological polar surface area (TPSA) is 44.5 Å². The first-order valence-corrected chi connectivity index (χ1v) is 7.50. The number of hydrogen-bond acceptors (Lipinski definition) is 3. The van der Waals surface area contributed by atoms with E-state index >= 15 is 0 Å². The van der Waals surface area contributed by atoms with Crippen molar-refractivity contribution in [3.8, 4) is 11.5 Å². The van der Waals surface area contributed by atoms with Crippen LogP contribution in [0, 0.1) is 3.57 Å². The molecular formula is C16H18INO2. The Labute approximate surface area is 133 Å². The van der Waals surface area contributed by atoms with E-state index in [0.29, 0.717) is 0 Å². The number of ether oxygens (including phenoxy) is 2. The van der Waals surface area contributed by atoms with Crippen LogP contribution in [0.25, 0.3) is 0 Å². The lowest BCUT2D eigenvalue weighted by atomic mass is 10.0. The zero-order valence-electron chi connectivity index (χ0n) is 11.5. The molecule has 20 heavy (non-hydrogen) atoms. The summed E-state index contributed by atoms with van der Waals surface area (Å²) in [5, 5.41) is 0. The second-order valence-electron chi connectivity index (χ2n) is 4.63. The molecule has 0 aliphatic carbocycles. The Hall–Kier alpha value is -1.27. The van der Waals surface area contributed by atoms with Gasteiger partial charge in [-0.2, -0.15) is 0 Å². The molecule has 2 rings (SSSR count). The van der Waals surface area contributed by atoms with Crippen molar-refractivity contribution in [2.24, 2.45) is 5.73 Å². The molecule has 4 heteroatoms. The molecule has 0 spiro atoms. The smallest absolute Gasteiger partial charge is 0.139 e. The quantitative estimate of drug-likeness (QED) is 0.800. The Balaban J connectivity index is 2.27. The number of nitrogens with two attached hydrogens (primary N) is 1. The van der Waals surface area contributed by atoms with Gasteiger partial charge >= 0.3 is 0 Å². The number of benzene rings is 2. The van der Waals surface area contributed by atoms with Crippen molar-refractivity contribution in [1.29, 1.82) is 0 Å². The summed E-state index contributed by atoms with van der Waals surface area (Å²) in [6.07, 6.45) is -0.205. The van der Waals surface area contributed by atoms with Crippen molar-refractivity contribution < 1.29 is 9.47 Å². The molecule has 3 nitrogen and oxygen atoms in total. The van der Waals surface area contributed by atoms with Crippen molar-refractivity contribution in [3.05, 3.63) is 57.7 Å². The van der Waals surface area contributed by atoms with E-state index in [0.717, 1.165) is 20.6 Å². The third-order valence-corrected chi connectivity index (χ3v) is 3.63. The fourth-order valence-electron chi connectivity index (χ4n) is 1.98. The van der Waals surface area contributed by atoms with Crippen molar-refractivity contribution in [2.45, 2.75) is 19.1 Å². The molecule has 2 N–H and O–H groups in total. The fourth-order valence-corrected chi connectivity index (χ4v) is 2.50. The summed E-state index contributed by atoms with van der Waals surface area (Å²) in [4.78, 5) is 0. The lowest BCUT2D eigenvalue weighted by Gasteiger charge is -2.23. The van der Waals surface area contributed by atoms with Crippen LogP contribution in [0.5, 0.6) is 11.5 Å². The molecule has 0 saturated carbocycles. The molecule has 0 aromatic heterocycles. The maximum absolute atomic E-state index is 6.08. The van der Waals surface area contributed by atoms with Gasteiger partial charge in [0.15, 0.2) is 0 Å². The average Bonchev–Trinajstić information content (AvgIpc) is 2.44. The van der Waals surface area contributed by atoms with Gasteiger partial charge in [-0.15, -0.1) is 0 Å². The highest BCUT2D eigenvalue weighted by Crippen LogP contribution is 2.27. The minimum absolute atomic E-state index is 0.125. The second-order valence-corrected chi connectivity index (χ2v) is 5.88. The van der Waals surface area contributed by atoms with E-state index in [1.165, 1.54) is 0 Å². The normalized spacial score (nSPS) is 13.6. The van der Waals surface area contributed by atoms with Crippen LogP contribution in [0.2, 0.25) is 0 Å². The zero-order valence-corrected chi connectivity index (χ0v) is 13.7. The van der Waals surface area contributed by atoms with Gasteiger partial charge in [0.05, 0.1) is 7.11 Å². The SMILES string of the molecule is COc1cccc(C(Oc2cccc(I)c2)C(C)N)c1. The molecule has 0 bridgehead atoms. The third-order valence-electron chi connectivity index (χ3n) is 2.96. The van der Waals surface area contributed by atoms with E-state index in [1.54, 1.807) is 7.11 Å². The predicted octanol–water partition coefficient (Wildman–Crippen LogP) is 3.77. The van der Waals surface area contributed by atoms with Gasteiger partial charge in [-0.3, -0.25) is 0 Å². The van der Waals surface area contributed by atoms with Crippen LogP contribution >= 0.6 is 22.6 Å². The Morgan fingerprint density at radius 2 is 1.75 bits per heavy atom. The second kappa shape index (κ2) is 6.95. The molecule has 2 aromatic rings. The Bertz CT molecular complexity index is 572. The Kier molecular flexibility index (Phi) is 5.25. The molecule has 106 valence electrons. The lowest BCUT2D eigenvalue weighted by Crippen LogP contribution is -2.29. The average molecular weight is 383 g/mol. The van der Waals surface area contributed by atoms with Crippen molar-refractivity contribution in [1.82, 2.24) is 0 Å². The van der Waals surface area contributed by atoms with Crippen LogP contribution in [-0.4, -0.2) is 13.2 Å². The molecule has 0 saturated heterocycles. The van der Waals surface area contributed by atoms with Gasteiger partial charge < -0.3 is 15.2 Å². The van der Waals surface area contributed by atoms with E-state index in [4.69, 9.17) is 15.2 Å². The van der Waals surface area contributed by atoms with Gasteiger partial charge in [-0.25, -0.2) is 0 Å². The highest BCUT2D eigenvalue weighted by molar-refractivity contribution is 14.1. The van der Waals surface area contributed by atoms with Crippen molar-refractivity contribution in [3.63, 3.8) is 0 Å². The van der Waals surface area contributed by atoms with E-state index in [2.05, 4.69) is 22.6 Å². The summed E-state index contributed by atoms with van der Waals surface area (Å²) in [7, 11) is 1.65. The van der Waals surface area contributed by atoms with Gasteiger partial charge in [0.2, 0.25) is 0 Å². The molecule has 0 heterocycles. The number of methoxy groups -OCH3 is 1. The highest BCUT2D eigenvalue weighted by atomic mass is 127. The van der Waals surface area contributed by atoms with E-state index < -0.39 is 0 Å². The van der Waals surface area contributed by atoms with Crippen LogP contribution in [0.15, 0.2) is 48.5 Å². The maximum atomic E-state index is 6.08. The fraction of sp³-hybridized carbons (Fsp3) is 0.250. The number of halogens is 1. The molecule has 2 aromatic carbocycles. The van der Waals surface area contributed by atoms with Gasteiger partial charge in [0.25, 0.3) is 0 Å². The van der Waals surface area contributed by atoms with Gasteiger partial charge in [-0.1, -0.05) is 18.2 Å². The van der Waals surface area contributed by atoms with Crippen molar-refractivity contribution >= 4 is 22.6 Å². The highest BCUT2D eigenvalue weighted by Gasteiger charge is 2.19. The molecule has 2 unspecified atom stereocenters. The first-order valence-electron chi connectivity index (χ1n) is 6.42. The van der Waals surface area contributed by atoms with Crippen LogP contribution in [-0.2, 0) is 0 Å². The zero-order chi connectivity index (χ0) is 14.5. The standard InChI is InChI=1S/C16H18INO2/c1-11(18)16(12-5-3-7-14(9-12)19-2)20-15-8-4-6-13(17)10-15/h3-11,16H,18H2,1-2H3. The van der Waals surface area contributed by atoms with Gasteiger partial charge in [0.1, 0.15) is 17.6 Å². The Morgan fingerprint density at radius 1 is 1.05 bits per heavy atom. The largest absolute Gasteiger partial charge is 0.497 e. The lowest BCUT2D eigenvalue weighted by molar-refractivity contribution is 0.180. The van der Waals surface area contributed by atoms with Gasteiger partial charge in [0, 0.05) is 9.61 Å². The molecule has 2 atom stereocenters. The summed E-state index contributed by atoms with van der Waals surface area (Å²) < 4.78 is 12.4. The first kappa shape index (κ1) is 15.1. The summed E-state index contributed by atoms with van der Waals surface area (Å²) in [5.74, 6) is 1.63. The van der Waals surface area contributed by atoms with Crippen LogP contribution in [0.3, 0.4) is 0 Å². The molecule has 0 radical (unpaired) electrons.